The molecule has 4 rings (SSSR count). The lowest BCUT2D eigenvalue weighted by Crippen LogP contribution is -2.30. The molecule has 1 amide bonds. The molecule has 0 radical (unpaired) electrons. The Hall–Kier alpha value is -1.85. The average Bonchev–Trinajstić information content (AvgIpc) is 3.28. The summed E-state index contributed by atoms with van der Waals surface area (Å²) in [5, 5.41) is 3.93. The number of methoxy groups -OCH3 is 1. The minimum atomic E-state index is 0.0422. The predicted octanol–water partition coefficient (Wildman–Crippen LogP) is 6.35. The van der Waals surface area contributed by atoms with Gasteiger partial charge in [0.25, 0.3) is 0 Å². The number of amides is 1. The topological polar surface area (TPSA) is 47.6 Å². The van der Waals surface area contributed by atoms with Crippen molar-refractivity contribution in [3.63, 3.8) is 0 Å². The smallest absolute Gasteiger partial charge is 0.220 e. The standard InChI is InChI=1S/C25H30ClNO3S/c1-29-22-10-4-6-17(25(22)30-19-8-2-3-9-19)7-5-11-24(28)27-21-14-15-31-23-13-12-18(26)16-20(21)23/h4,6,10,12-13,16,19,21H,2-3,5,7-9,11,14-15H2,1H3,(H,27,28). The third kappa shape index (κ3) is 5.69. The van der Waals surface area contributed by atoms with Crippen LogP contribution in [-0.4, -0.2) is 24.9 Å². The number of nitrogens with one attached hydrogen (secondary N) is 1. The van der Waals surface area contributed by atoms with E-state index in [1.54, 1.807) is 7.11 Å². The number of ether oxygens (including phenoxy) is 2. The van der Waals surface area contributed by atoms with Gasteiger partial charge in [-0.1, -0.05) is 23.7 Å². The first kappa shape index (κ1) is 22.3. The van der Waals surface area contributed by atoms with Crippen LogP contribution in [0.15, 0.2) is 41.3 Å². The highest BCUT2D eigenvalue weighted by molar-refractivity contribution is 7.99. The van der Waals surface area contributed by atoms with Crippen molar-refractivity contribution in [2.24, 2.45) is 0 Å². The molecule has 1 aliphatic carbocycles. The quantitative estimate of drug-likeness (QED) is 0.499. The van der Waals surface area contributed by atoms with E-state index in [1.165, 1.54) is 17.7 Å². The highest BCUT2D eigenvalue weighted by Crippen LogP contribution is 2.38. The van der Waals surface area contributed by atoms with Gasteiger partial charge < -0.3 is 14.8 Å². The number of carbonyl (C=O) groups excluding carboxylic acids is 1. The molecule has 1 atom stereocenters. The number of hydrogen-bond acceptors (Lipinski definition) is 4. The van der Waals surface area contributed by atoms with Crippen LogP contribution in [0.4, 0.5) is 0 Å². The van der Waals surface area contributed by atoms with Gasteiger partial charge in [0.1, 0.15) is 0 Å². The summed E-state index contributed by atoms with van der Waals surface area (Å²) in [5.74, 6) is 2.72. The van der Waals surface area contributed by atoms with Gasteiger partial charge in [-0.15, -0.1) is 11.8 Å². The lowest BCUT2D eigenvalue weighted by atomic mass is 10.0. The second kappa shape index (κ2) is 10.6. The number of aryl methyl sites for hydroxylation is 1. The van der Waals surface area contributed by atoms with Crippen LogP contribution in [-0.2, 0) is 11.2 Å². The van der Waals surface area contributed by atoms with E-state index in [2.05, 4.69) is 17.4 Å². The van der Waals surface area contributed by atoms with Crippen LogP contribution in [0.2, 0.25) is 5.02 Å². The van der Waals surface area contributed by atoms with E-state index in [0.717, 1.165) is 60.5 Å². The summed E-state index contributed by atoms with van der Waals surface area (Å²) in [6.07, 6.45) is 7.90. The van der Waals surface area contributed by atoms with Crippen molar-refractivity contribution in [1.82, 2.24) is 5.32 Å². The number of fused-ring (bicyclic) bond motifs is 1. The average molecular weight is 460 g/mol. The Bertz CT molecular complexity index is 914. The van der Waals surface area contributed by atoms with Gasteiger partial charge in [0, 0.05) is 22.1 Å². The molecule has 0 bridgehead atoms. The van der Waals surface area contributed by atoms with E-state index in [9.17, 15) is 4.79 Å². The molecule has 1 saturated carbocycles. The zero-order valence-corrected chi connectivity index (χ0v) is 19.6. The van der Waals surface area contributed by atoms with Crippen LogP contribution >= 0.6 is 23.4 Å². The molecule has 1 unspecified atom stereocenters. The minimum Gasteiger partial charge on any atom is -0.493 e. The zero-order valence-electron chi connectivity index (χ0n) is 18.0. The second-order valence-electron chi connectivity index (χ2n) is 8.27. The fourth-order valence-electron chi connectivity index (χ4n) is 4.45. The molecule has 166 valence electrons. The van der Waals surface area contributed by atoms with Crippen molar-refractivity contribution >= 4 is 29.3 Å². The third-order valence-electron chi connectivity index (χ3n) is 6.06. The Balaban J connectivity index is 1.34. The van der Waals surface area contributed by atoms with Gasteiger partial charge in [-0.3, -0.25) is 4.79 Å². The summed E-state index contributed by atoms with van der Waals surface area (Å²) < 4.78 is 11.9. The number of carbonyl (C=O) groups is 1. The van der Waals surface area contributed by atoms with Gasteiger partial charge in [0.15, 0.2) is 11.5 Å². The molecular formula is C25H30ClNO3S. The van der Waals surface area contributed by atoms with Gasteiger partial charge in [-0.25, -0.2) is 0 Å². The fraction of sp³-hybridized carbons (Fsp3) is 0.480. The summed E-state index contributed by atoms with van der Waals surface area (Å²) in [5.41, 5.74) is 2.25. The van der Waals surface area contributed by atoms with E-state index in [4.69, 9.17) is 21.1 Å². The number of benzene rings is 2. The normalized spacial score (nSPS) is 18.5. The highest BCUT2D eigenvalue weighted by atomic mass is 35.5. The maximum atomic E-state index is 12.7. The van der Waals surface area contributed by atoms with E-state index in [0.29, 0.717) is 11.4 Å². The summed E-state index contributed by atoms with van der Waals surface area (Å²) >= 11 is 8.01. The van der Waals surface area contributed by atoms with Gasteiger partial charge in [0.2, 0.25) is 5.91 Å². The van der Waals surface area contributed by atoms with Crippen molar-refractivity contribution in [2.45, 2.75) is 68.4 Å². The maximum absolute atomic E-state index is 12.7. The van der Waals surface area contributed by atoms with Gasteiger partial charge in [-0.05, 0) is 80.3 Å². The summed E-state index contributed by atoms with van der Waals surface area (Å²) in [6, 6.07) is 12.0. The highest BCUT2D eigenvalue weighted by Gasteiger charge is 2.23. The summed E-state index contributed by atoms with van der Waals surface area (Å²) in [4.78, 5) is 13.9. The Morgan fingerprint density at radius 3 is 2.84 bits per heavy atom. The van der Waals surface area contributed by atoms with Gasteiger partial charge >= 0.3 is 0 Å². The van der Waals surface area contributed by atoms with Crippen LogP contribution < -0.4 is 14.8 Å². The van der Waals surface area contributed by atoms with Crippen molar-refractivity contribution in [3.05, 3.63) is 52.5 Å². The summed E-state index contributed by atoms with van der Waals surface area (Å²) in [6.45, 7) is 0. The van der Waals surface area contributed by atoms with E-state index < -0.39 is 0 Å². The van der Waals surface area contributed by atoms with Crippen molar-refractivity contribution < 1.29 is 14.3 Å². The first-order valence-corrected chi connectivity index (χ1v) is 12.5. The molecule has 2 aromatic rings. The van der Waals surface area contributed by atoms with Crippen molar-refractivity contribution in [3.8, 4) is 11.5 Å². The van der Waals surface area contributed by atoms with E-state index in [-0.39, 0.29) is 18.1 Å². The molecule has 1 heterocycles. The third-order valence-corrected chi connectivity index (χ3v) is 7.42. The van der Waals surface area contributed by atoms with Gasteiger partial charge in [0.05, 0.1) is 19.3 Å². The molecule has 4 nitrogen and oxygen atoms in total. The molecule has 1 aliphatic heterocycles. The molecule has 0 spiro atoms. The fourth-order valence-corrected chi connectivity index (χ4v) is 5.73. The Morgan fingerprint density at radius 2 is 2.03 bits per heavy atom. The number of thioether (sulfide) groups is 1. The maximum Gasteiger partial charge on any atom is 0.220 e. The Morgan fingerprint density at radius 1 is 1.19 bits per heavy atom. The monoisotopic (exact) mass is 459 g/mol. The van der Waals surface area contributed by atoms with Crippen LogP contribution in [0.1, 0.15) is 62.1 Å². The second-order valence-corrected chi connectivity index (χ2v) is 9.84. The SMILES string of the molecule is COc1cccc(CCCC(=O)NC2CCSc3ccc(Cl)cc32)c1OC1CCCC1. The minimum absolute atomic E-state index is 0.0422. The molecule has 0 saturated heterocycles. The predicted molar refractivity (Wildman–Crippen MR) is 126 cm³/mol. The van der Waals surface area contributed by atoms with Gasteiger partial charge in [-0.2, -0.15) is 0 Å². The largest absolute Gasteiger partial charge is 0.493 e. The molecule has 2 aromatic carbocycles. The molecule has 6 heteroatoms. The lowest BCUT2D eigenvalue weighted by molar-refractivity contribution is -0.122. The van der Waals surface area contributed by atoms with E-state index in [1.807, 2.05) is 36.0 Å². The van der Waals surface area contributed by atoms with E-state index >= 15 is 0 Å². The Kier molecular flexibility index (Phi) is 7.67. The molecule has 2 aliphatic rings. The zero-order chi connectivity index (χ0) is 21.6. The molecule has 1 fully saturated rings. The number of hydrogen-bond donors (Lipinski definition) is 1. The van der Waals surface area contributed by atoms with Crippen molar-refractivity contribution in [1.29, 1.82) is 0 Å². The van der Waals surface area contributed by atoms with Crippen LogP contribution in [0.25, 0.3) is 0 Å². The number of para-hydroxylation sites is 1. The molecule has 31 heavy (non-hydrogen) atoms. The molecular weight excluding hydrogens is 430 g/mol. The molecule has 1 N–H and O–H groups in total. The van der Waals surface area contributed by atoms with Crippen LogP contribution in [0.5, 0.6) is 11.5 Å². The number of rotatable bonds is 8. The van der Waals surface area contributed by atoms with Crippen molar-refractivity contribution in [2.75, 3.05) is 12.9 Å². The van der Waals surface area contributed by atoms with Crippen LogP contribution in [0, 0.1) is 0 Å². The van der Waals surface area contributed by atoms with Crippen LogP contribution in [0.3, 0.4) is 0 Å². The number of halogens is 1. The first-order valence-electron chi connectivity index (χ1n) is 11.2. The lowest BCUT2D eigenvalue weighted by Gasteiger charge is -2.26. The Labute approximate surface area is 194 Å². The summed E-state index contributed by atoms with van der Waals surface area (Å²) in [7, 11) is 1.68. The molecule has 0 aromatic heterocycles. The first-order chi connectivity index (χ1) is 15.1.